The van der Waals surface area contributed by atoms with Crippen LogP contribution < -0.4 is 22.3 Å². The first-order chi connectivity index (χ1) is 13.8. The molecule has 0 unspecified atom stereocenters. The van der Waals surface area contributed by atoms with Gasteiger partial charge in [-0.15, -0.1) is 5.10 Å². The third-order valence-corrected chi connectivity index (χ3v) is 4.78. The minimum absolute atomic E-state index is 0.0168. The molecule has 10 heteroatoms. The molecule has 154 valence electrons. The molecule has 1 aromatic carbocycles. The van der Waals surface area contributed by atoms with Crippen LogP contribution in [0.5, 0.6) is 0 Å². The van der Waals surface area contributed by atoms with Crippen LogP contribution in [-0.2, 0) is 17.9 Å². The minimum Gasteiger partial charge on any atom is -0.368 e. The number of carbonyl (C=O) groups excluding carboxylic acids is 2. The number of hydrogen-bond acceptors (Lipinski definition) is 5. The van der Waals surface area contributed by atoms with Gasteiger partial charge in [0.1, 0.15) is 6.54 Å². The van der Waals surface area contributed by atoms with Gasteiger partial charge in [0.25, 0.3) is 11.5 Å². The number of carbonyl (C=O) groups is 2. The molecule has 0 saturated carbocycles. The molecule has 2 heterocycles. The van der Waals surface area contributed by atoms with Gasteiger partial charge in [-0.25, -0.2) is 13.9 Å². The van der Waals surface area contributed by atoms with E-state index in [-0.39, 0.29) is 34.2 Å². The second kappa shape index (κ2) is 7.90. The first kappa shape index (κ1) is 20.3. The number of nitrogens with zero attached hydrogens (tertiary/aromatic N) is 4. The molecular weight excluding hydrogens is 376 g/mol. The van der Waals surface area contributed by atoms with E-state index in [2.05, 4.69) is 10.4 Å². The Hall–Kier alpha value is -3.43. The molecule has 10 nitrogen and oxygen atoms in total. The van der Waals surface area contributed by atoms with E-state index in [9.17, 15) is 19.2 Å². The van der Waals surface area contributed by atoms with E-state index in [1.54, 1.807) is 6.07 Å². The number of primary amides is 1. The lowest BCUT2D eigenvalue weighted by Gasteiger charge is -2.13. The number of nitrogens with one attached hydrogen (secondary N) is 1. The van der Waals surface area contributed by atoms with Gasteiger partial charge in [-0.2, -0.15) is 0 Å². The number of amides is 2. The van der Waals surface area contributed by atoms with E-state index in [1.807, 2.05) is 20.8 Å². The Morgan fingerprint density at radius 2 is 1.97 bits per heavy atom. The summed E-state index contributed by atoms with van der Waals surface area (Å²) < 4.78 is 3.56. The molecule has 0 aliphatic carbocycles. The Morgan fingerprint density at radius 1 is 1.24 bits per heavy atom. The third-order valence-electron chi connectivity index (χ3n) is 4.78. The fourth-order valence-corrected chi connectivity index (χ4v) is 3.14. The van der Waals surface area contributed by atoms with Crippen LogP contribution >= 0.6 is 0 Å². The summed E-state index contributed by atoms with van der Waals surface area (Å²) in [4.78, 5) is 49.7. The van der Waals surface area contributed by atoms with Crippen molar-refractivity contribution in [2.24, 2.45) is 5.73 Å². The van der Waals surface area contributed by atoms with Crippen molar-refractivity contribution in [1.29, 1.82) is 0 Å². The predicted octanol–water partition coefficient (Wildman–Crippen LogP) is 0.235. The van der Waals surface area contributed by atoms with Gasteiger partial charge in [-0.3, -0.25) is 19.0 Å². The molecule has 0 saturated heterocycles. The van der Waals surface area contributed by atoms with Crippen molar-refractivity contribution in [3.8, 4) is 0 Å². The zero-order valence-corrected chi connectivity index (χ0v) is 16.6. The Balaban J connectivity index is 2.33. The molecule has 3 N–H and O–H groups in total. The lowest BCUT2D eigenvalue weighted by Crippen LogP contribution is -2.32. The van der Waals surface area contributed by atoms with Crippen LogP contribution in [-0.4, -0.2) is 36.6 Å². The highest BCUT2D eigenvalue weighted by Gasteiger charge is 2.19. The van der Waals surface area contributed by atoms with Crippen molar-refractivity contribution in [3.63, 3.8) is 0 Å². The number of hydrogen-bond donors (Lipinski definition) is 2. The fourth-order valence-electron chi connectivity index (χ4n) is 3.14. The lowest BCUT2D eigenvalue weighted by molar-refractivity contribution is -0.118. The normalized spacial score (nSPS) is 12.4. The number of benzene rings is 1. The lowest BCUT2D eigenvalue weighted by atomic mass is 10.1. The van der Waals surface area contributed by atoms with Crippen LogP contribution in [0.1, 0.15) is 44.0 Å². The van der Waals surface area contributed by atoms with E-state index in [4.69, 9.17) is 5.73 Å². The number of fused-ring (bicyclic) bond motifs is 3. The predicted molar refractivity (Wildman–Crippen MR) is 108 cm³/mol. The molecule has 2 amide bonds. The van der Waals surface area contributed by atoms with Gasteiger partial charge < -0.3 is 11.1 Å². The van der Waals surface area contributed by atoms with E-state index < -0.39 is 18.1 Å². The van der Waals surface area contributed by atoms with Gasteiger partial charge in [0.15, 0.2) is 0 Å². The Kier molecular flexibility index (Phi) is 5.53. The molecule has 2 aromatic heterocycles. The number of rotatable bonds is 7. The molecule has 0 fully saturated rings. The minimum atomic E-state index is -0.724. The van der Waals surface area contributed by atoms with Crippen molar-refractivity contribution >= 4 is 28.5 Å². The average Bonchev–Trinajstić information content (AvgIpc) is 3.00. The molecule has 0 aliphatic rings. The Bertz CT molecular complexity index is 1220. The van der Waals surface area contributed by atoms with Crippen LogP contribution in [0.4, 0.5) is 0 Å². The monoisotopic (exact) mass is 400 g/mol. The van der Waals surface area contributed by atoms with Crippen LogP contribution in [0.3, 0.4) is 0 Å². The van der Waals surface area contributed by atoms with Crippen LogP contribution in [0.2, 0.25) is 0 Å². The fraction of sp³-hybridized carbons (Fsp3) is 0.421. The molecule has 0 bridgehead atoms. The molecule has 3 aromatic rings. The maximum atomic E-state index is 13.0. The van der Waals surface area contributed by atoms with Crippen LogP contribution in [0, 0.1) is 0 Å². The van der Waals surface area contributed by atoms with Gasteiger partial charge in [-0.05, 0) is 38.0 Å². The zero-order chi connectivity index (χ0) is 21.3. The maximum absolute atomic E-state index is 13.0. The molecule has 0 radical (unpaired) electrons. The van der Waals surface area contributed by atoms with Gasteiger partial charge in [-0.1, -0.05) is 13.8 Å². The van der Waals surface area contributed by atoms with E-state index >= 15 is 0 Å². The van der Waals surface area contributed by atoms with Crippen molar-refractivity contribution in [3.05, 3.63) is 44.6 Å². The summed E-state index contributed by atoms with van der Waals surface area (Å²) in [6.45, 7) is 5.68. The van der Waals surface area contributed by atoms with Gasteiger partial charge in [0.05, 0.1) is 10.9 Å². The first-order valence-electron chi connectivity index (χ1n) is 9.53. The van der Waals surface area contributed by atoms with Crippen LogP contribution in [0.25, 0.3) is 16.7 Å². The second-order valence-corrected chi connectivity index (χ2v) is 7.01. The third kappa shape index (κ3) is 3.65. The summed E-state index contributed by atoms with van der Waals surface area (Å²) >= 11 is 0. The summed E-state index contributed by atoms with van der Waals surface area (Å²) in [6.07, 6.45) is 1.41. The number of aromatic nitrogens is 4. The van der Waals surface area contributed by atoms with Gasteiger partial charge in [0, 0.05) is 18.2 Å². The quantitative estimate of drug-likeness (QED) is 0.586. The summed E-state index contributed by atoms with van der Waals surface area (Å²) in [5.41, 5.74) is 4.86. The maximum Gasteiger partial charge on any atom is 0.352 e. The van der Waals surface area contributed by atoms with Crippen molar-refractivity contribution < 1.29 is 9.59 Å². The Labute approximate surface area is 165 Å². The zero-order valence-electron chi connectivity index (χ0n) is 16.6. The van der Waals surface area contributed by atoms with Gasteiger partial charge in [0.2, 0.25) is 11.7 Å². The summed E-state index contributed by atoms with van der Waals surface area (Å²) in [5, 5.41) is 7.29. The highest BCUT2D eigenvalue weighted by Crippen LogP contribution is 2.15. The number of nitrogens with two attached hydrogens (primary N) is 1. The molecule has 3 rings (SSSR count). The standard InChI is InChI=1S/C19H24N6O4/c1-4-8-23-17(28)13-7-6-12(16(27)21-11(3)5-2)9-14(13)25-18(23)22-24(19(25)29)10-15(20)26/h6-7,9,11H,4-5,8,10H2,1-3H3,(H2,20,26)(H,21,27)/t11-/m0/s1. The molecule has 0 spiro atoms. The van der Waals surface area contributed by atoms with Crippen molar-refractivity contribution in [1.82, 2.24) is 24.1 Å². The number of aryl methyl sites for hydroxylation is 1. The van der Waals surface area contributed by atoms with Gasteiger partial charge >= 0.3 is 5.69 Å². The topological polar surface area (TPSA) is 133 Å². The summed E-state index contributed by atoms with van der Waals surface area (Å²) in [6, 6.07) is 4.57. The van der Waals surface area contributed by atoms with Crippen molar-refractivity contribution in [2.45, 2.75) is 52.7 Å². The molecular formula is C19H24N6O4. The summed E-state index contributed by atoms with van der Waals surface area (Å²) in [7, 11) is 0. The van der Waals surface area contributed by atoms with Crippen LogP contribution in [0.15, 0.2) is 27.8 Å². The molecule has 29 heavy (non-hydrogen) atoms. The largest absolute Gasteiger partial charge is 0.368 e. The Morgan fingerprint density at radius 3 is 2.59 bits per heavy atom. The highest BCUT2D eigenvalue weighted by molar-refractivity contribution is 5.98. The smallest absolute Gasteiger partial charge is 0.352 e. The molecule has 0 aliphatic heterocycles. The molecule has 1 atom stereocenters. The highest BCUT2D eigenvalue weighted by atomic mass is 16.2. The first-order valence-corrected chi connectivity index (χ1v) is 9.53. The second-order valence-electron chi connectivity index (χ2n) is 7.01. The summed E-state index contributed by atoms with van der Waals surface area (Å²) in [5.74, 6) is -0.919. The van der Waals surface area contributed by atoms with E-state index in [0.717, 1.165) is 11.1 Å². The van der Waals surface area contributed by atoms with E-state index in [0.29, 0.717) is 18.5 Å². The SMILES string of the molecule is CCCn1c(=O)c2ccc(C(=O)N[C@@H](C)CC)cc2n2c(=O)n(CC(N)=O)nc12. The van der Waals surface area contributed by atoms with E-state index in [1.165, 1.54) is 21.1 Å². The average molecular weight is 400 g/mol. The van der Waals surface area contributed by atoms with Crippen molar-refractivity contribution in [2.75, 3.05) is 0 Å².